The SMILES string of the molecule is COc1cc(Br)c(Cl)c(I)c1. The molecule has 0 heterocycles. The van der Waals surface area contributed by atoms with E-state index in [0.29, 0.717) is 0 Å². The summed E-state index contributed by atoms with van der Waals surface area (Å²) in [6.07, 6.45) is 0. The number of methoxy groups -OCH3 is 1. The van der Waals surface area contributed by atoms with Crippen LogP contribution in [0.3, 0.4) is 0 Å². The zero-order chi connectivity index (χ0) is 8.43. The van der Waals surface area contributed by atoms with Crippen molar-refractivity contribution in [3.63, 3.8) is 0 Å². The van der Waals surface area contributed by atoms with Crippen molar-refractivity contribution in [1.29, 1.82) is 0 Å². The van der Waals surface area contributed by atoms with Crippen molar-refractivity contribution in [3.8, 4) is 5.75 Å². The molecule has 0 atom stereocenters. The van der Waals surface area contributed by atoms with Gasteiger partial charge in [0.1, 0.15) is 5.75 Å². The van der Waals surface area contributed by atoms with Crippen LogP contribution in [0.25, 0.3) is 0 Å². The number of halogens is 3. The van der Waals surface area contributed by atoms with Gasteiger partial charge in [0, 0.05) is 8.04 Å². The molecule has 0 amide bonds. The third-order valence-electron chi connectivity index (χ3n) is 1.19. The van der Waals surface area contributed by atoms with E-state index >= 15 is 0 Å². The van der Waals surface area contributed by atoms with Gasteiger partial charge in [-0.2, -0.15) is 0 Å². The molecule has 0 fully saturated rings. The summed E-state index contributed by atoms with van der Waals surface area (Å²) in [6, 6.07) is 3.72. The zero-order valence-corrected chi connectivity index (χ0v) is 10.2. The highest BCUT2D eigenvalue weighted by atomic mass is 127. The summed E-state index contributed by atoms with van der Waals surface area (Å²) in [5.41, 5.74) is 0. The van der Waals surface area contributed by atoms with Gasteiger partial charge in [-0.05, 0) is 50.7 Å². The van der Waals surface area contributed by atoms with Crippen molar-refractivity contribution in [3.05, 3.63) is 25.2 Å². The van der Waals surface area contributed by atoms with Crippen LogP contribution < -0.4 is 4.74 Å². The molecule has 0 spiro atoms. The van der Waals surface area contributed by atoms with E-state index in [4.69, 9.17) is 16.3 Å². The van der Waals surface area contributed by atoms with Crippen LogP contribution in [0.5, 0.6) is 5.75 Å². The van der Waals surface area contributed by atoms with Crippen molar-refractivity contribution in [1.82, 2.24) is 0 Å². The summed E-state index contributed by atoms with van der Waals surface area (Å²) in [7, 11) is 1.63. The normalized spacial score (nSPS) is 9.82. The first-order valence-electron chi connectivity index (χ1n) is 2.83. The lowest BCUT2D eigenvalue weighted by Crippen LogP contribution is -1.84. The Morgan fingerprint density at radius 2 is 2.18 bits per heavy atom. The summed E-state index contributed by atoms with van der Waals surface area (Å²) in [5, 5.41) is 0.728. The third kappa shape index (κ3) is 2.23. The zero-order valence-electron chi connectivity index (χ0n) is 5.70. The Hall–Kier alpha value is 0.520. The minimum atomic E-state index is 0.728. The van der Waals surface area contributed by atoms with Crippen molar-refractivity contribution >= 4 is 50.1 Å². The predicted octanol–water partition coefficient (Wildman–Crippen LogP) is 3.72. The Balaban J connectivity index is 3.21. The van der Waals surface area contributed by atoms with Crippen LogP contribution >= 0.6 is 50.1 Å². The second-order valence-electron chi connectivity index (χ2n) is 1.91. The van der Waals surface area contributed by atoms with Gasteiger partial charge in [0.2, 0.25) is 0 Å². The lowest BCUT2D eigenvalue weighted by molar-refractivity contribution is 0.414. The van der Waals surface area contributed by atoms with E-state index in [0.717, 1.165) is 18.8 Å². The van der Waals surface area contributed by atoms with E-state index in [1.807, 2.05) is 12.1 Å². The first-order valence-corrected chi connectivity index (χ1v) is 5.08. The quantitative estimate of drug-likeness (QED) is 0.556. The number of hydrogen-bond donors (Lipinski definition) is 0. The lowest BCUT2D eigenvalue weighted by atomic mass is 10.3. The number of hydrogen-bond acceptors (Lipinski definition) is 1. The second kappa shape index (κ2) is 3.96. The predicted molar refractivity (Wildman–Crippen MR) is 58.4 cm³/mol. The maximum Gasteiger partial charge on any atom is 0.121 e. The average Bonchev–Trinajstić information content (AvgIpc) is 1.99. The second-order valence-corrected chi connectivity index (χ2v) is 4.30. The maximum atomic E-state index is 5.90. The van der Waals surface area contributed by atoms with Gasteiger partial charge >= 0.3 is 0 Å². The summed E-state index contributed by atoms with van der Waals surface area (Å²) in [6.45, 7) is 0. The molecule has 1 aromatic rings. The topological polar surface area (TPSA) is 9.23 Å². The minimum Gasteiger partial charge on any atom is -0.497 e. The van der Waals surface area contributed by atoms with Gasteiger partial charge in [-0.1, -0.05) is 11.6 Å². The van der Waals surface area contributed by atoms with E-state index in [1.54, 1.807) is 7.11 Å². The van der Waals surface area contributed by atoms with Gasteiger partial charge in [-0.3, -0.25) is 0 Å². The molecule has 0 N–H and O–H groups in total. The molecule has 11 heavy (non-hydrogen) atoms. The average molecular weight is 347 g/mol. The number of ether oxygens (including phenoxy) is 1. The lowest BCUT2D eigenvalue weighted by Gasteiger charge is -2.03. The van der Waals surface area contributed by atoms with Crippen molar-refractivity contribution in [2.45, 2.75) is 0 Å². The molecule has 0 aromatic heterocycles. The fourth-order valence-corrected chi connectivity index (χ4v) is 2.17. The molecular weight excluding hydrogens is 342 g/mol. The van der Waals surface area contributed by atoms with Gasteiger partial charge in [0.05, 0.1) is 12.1 Å². The van der Waals surface area contributed by atoms with Gasteiger partial charge in [-0.25, -0.2) is 0 Å². The molecule has 0 aliphatic carbocycles. The van der Waals surface area contributed by atoms with Crippen LogP contribution in [-0.4, -0.2) is 7.11 Å². The first kappa shape index (κ1) is 9.61. The van der Waals surface area contributed by atoms with Crippen molar-refractivity contribution < 1.29 is 4.74 Å². The Kier molecular flexibility index (Phi) is 3.46. The van der Waals surface area contributed by atoms with E-state index < -0.39 is 0 Å². The summed E-state index contributed by atoms with van der Waals surface area (Å²) < 4.78 is 6.88. The molecule has 0 unspecified atom stereocenters. The smallest absolute Gasteiger partial charge is 0.121 e. The summed E-state index contributed by atoms with van der Waals surface area (Å²) in [4.78, 5) is 0. The van der Waals surface area contributed by atoms with E-state index in [2.05, 4.69) is 38.5 Å². The third-order valence-corrected chi connectivity index (χ3v) is 3.62. The molecule has 60 valence electrons. The van der Waals surface area contributed by atoms with Crippen molar-refractivity contribution in [2.24, 2.45) is 0 Å². The number of benzene rings is 1. The van der Waals surface area contributed by atoms with Crippen molar-refractivity contribution in [2.75, 3.05) is 7.11 Å². The molecule has 1 rings (SSSR count). The van der Waals surface area contributed by atoms with Crippen LogP contribution in [0, 0.1) is 3.57 Å². The molecule has 0 aliphatic rings. The molecule has 0 radical (unpaired) electrons. The monoisotopic (exact) mass is 346 g/mol. The molecule has 1 aromatic carbocycles. The summed E-state index contributed by atoms with van der Waals surface area (Å²) in [5.74, 6) is 0.811. The maximum absolute atomic E-state index is 5.90. The highest BCUT2D eigenvalue weighted by molar-refractivity contribution is 14.1. The molecular formula is C7H5BrClIO. The molecule has 0 bridgehead atoms. The van der Waals surface area contributed by atoms with Crippen LogP contribution in [-0.2, 0) is 0 Å². The Bertz CT molecular complexity index is 254. The Morgan fingerprint density at radius 1 is 1.55 bits per heavy atom. The van der Waals surface area contributed by atoms with Crippen LogP contribution in [0.1, 0.15) is 0 Å². The van der Waals surface area contributed by atoms with E-state index in [-0.39, 0.29) is 0 Å². The fourth-order valence-electron chi connectivity index (χ4n) is 0.650. The van der Waals surface area contributed by atoms with Crippen LogP contribution in [0.15, 0.2) is 16.6 Å². The molecule has 0 saturated carbocycles. The number of rotatable bonds is 1. The van der Waals surface area contributed by atoms with Gasteiger partial charge in [0.15, 0.2) is 0 Å². The highest BCUT2D eigenvalue weighted by Crippen LogP contribution is 2.31. The highest BCUT2D eigenvalue weighted by Gasteiger charge is 2.04. The Morgan fingerprint density at radius 3 is 2.64 bits per heavy atom. The van der Waals surface area contributed by atoms with Crippen LogP contribution in [0.4, 0.5) is 0 Å². The first-order chi connectivity index (χ1) is 5.15. The molecule has 4 heteroatoms. The summed E-state index contributed by atoms with van der Waals surface area (Å²) >= 11 is 11.4. The minimum absolute atomic E-state index is 0.728. The van der Waals surface area contributed by atoms with Gasteiger partial charge < -0.3 is 4.74 Å². The molecule has 1 nitrogen and oxygen atoms in total. The molecule has 0 aliphatic heterocycles. The Labute approximate surface area is 92.3 Å². The van der Waals surface area contributed by atoms with Gasteiger partial charge in [0.25, 0.3) is 0 Å². The van der Waals surface area contributed by atoms with E-state index in [1.165, 1.54) is 0 Å². The molecule has 0 saturated heterocycles. The van der Waals surface area contributed by atoms with E-state index in [9.17, 15) is 0 Å². The fraction of sp³-hybridized carbons (Fsp3) is 0.143. The largest absolute Gasteiger partial charge is 0.497 e. The van der Waals surface area contributed by atoms with Gasteiger partial charge in [-0.15, -0.1) is 0 Å². The van der Waals surface area contributed by atoms with Crippen LogP contribution in [0.2, 0.25) is 5.02 Å². The standard InChI is InChI=1S/C7H5BrClIO/c1-11-4-2-5(8)7(9)6(10)3-4/h2-3H,1H3.